The summed E-state index contributed by atoms with van der Waals surface area (Å²) in [5.74, 6) is 0.0206. The molecule has 0 aliphatic carbocycles. The summed E-state index contributed by atoms with van der Waals surface area (Å²) in [7, 11) is 0. The lowest BCUT2D eigenvalue weighted by Gasteiger charge is -2.21. The summed E-state index contributed by atoms with van der Waals surface area (Å²) in [6.45, 7) is 8.77. The van der Waals surface area contributed by atoms with E-state index in [1.165, 1.54) is 5.56 Å². The van der Waals surface area contributed by atoms with Gasteiger partial charge in [-0.05, 0) is 17.9 Å². The van der Waals surface area contributed by atoms with E-state index in [0.29, 0.717) is 13.0 Å². The number of aryl methyl sites for hydroxylation is 1. The maximum Gasteiger partial charge on any atom is 0.220 e. The number of aliphatic hydroxyl groups is 1. The van der Waals surface area contributed by atoms with Gasteiger partial charge < -0.3 is 15.2 Å². The Hall–Kier alpha value is -1.39. The van der Waals surface area contributed by atoms with Crippen molar-refractivity contribution in [2.24, 2.45) is 5.41 Å². The fourth-order valence-electron chi connectivity index (χ4n) is 2.00. The van der Waals surface area contributed by atoms with Crippen LogP contribution in [0, 0.1) is 12.3 Å². The van der Waals surface area contributed by atoms with E-state index >= 15 is 0 Å². The van der Waals surface area contributed by atoms with Crippen LogP contribution >= 0.6 is 0 Å². The van der Waals surface area contributed by atoms with Crippen LogP contribution in [0.25, 0.3) is 0 Å². The van der Waals surface area contributed by atoms with Gasteiger partial charge in [0.15, 0.2) is 0 Å². The third-order valence-corrected chi connectivity index (χ3v) is 3.03. The largest absolute Gasteiger partial charge is 0.394 e. The van der Waals surface area contributed by atoms with E-state index in [1.54, 1.807) is 0 Å². The van der Waals surface area contributed by atoms with Crippen LogP contribution in [0.15, 0.2) is 24.3 Å². The average Bonchev–Trinajstić information content (AvgIpc) is 2.38. The van der Waals surface area contributed by atoms with E-state index in [2.05, 4.69) is 5.32 Å². The van der Waals surface area contributed by atoms with Crippen LogP contribution in [-0.2, 0) is 9.53 Å². The first-order valence-corrected chi connectivity index (χ1v) is 7.37. The van der Waals surface area contributed by atoms with Crippen molar-refractivity contribution in [1.82, 2.24) is 5.32 Å². The van der Waals surface area contributed by atoms with Crippen molar-refractivity contribution in [3.63, 3.8) is 0 Å². The molecule has 1 aromatic rings. The van der Waals surface area contributed by atoms with Gasteiger partial charge in [0.05, 0.1) is 19.3 Å². The van der Waals surface area contributed by atoms with Crippen LogP contribution in [0.4, 0.5) is 0 Å². The number of nitrogens with one attached hydrogen (secondary N) is 1. The number of carbonyl (C=O) groups is 1. The number of hydrogen-bond donors (Lipinski definition) is 2. The van der Waals surface area contributed by atoms with Crippen molar-refractivity contribution < 1.29 is 14.6 Å². The highest BCUT2D eigenvalue weighted by Crippen LogP contribution is 2.20. The van der Waals surface area contributed by atoms with E-state index in [1.807, 2.05) is 52.0 Å². The van der Waals surface area contributed by atoms with Crippen LogP contribution < -0.4 is 5.32 Å². The molecule has 2 N–H and O–H groups in total. The highest BCUT2D eigenvalue weighted by atomic mass is 16.5. The van der Waals surface area contributed by atoms with Gasteiger partial charge in [-0.25, -0.2) is 0 Å². The predicted octanol–water partition coefficient (Wildman–Crippen LogP) is 2.60. The number of benzene rings is 1. The smallest absolute Gasteiger partial charge is 0.220 e. The van der Waals surface area contributed by atoms with Crippen molar-refractivity contribution in [3.05, 3.63) is 35.4 Å². The zero-order valence-corrected chi connectivity index (χ0v) is 13.5. The molecule has 0 bridgehead atoms. The monoisotopic (exact) mass is 293 g/mol. The Morgan fingerprint density at radius 2 is 1.90 bits per heavy atom. The van der Waals surface area contributed by atoms with Gasteiger partial charge in [-0.1, -0.05) is 50.6 Å². The first-order chi connectivity index (χ1) is 9.81. The van der Waals surface area contributed by atoms with E-state index in [4.69, 9.17) is 9.84 Å². The van der Waals surface area contributed by atoms with Crippen molar-refractivity contribution in [2.45, 2.75) is 40.2 Å². The number of aliphatic hydroxyl groups excluding tert-OH is 1. The maximum atomic E-state index is 11.9. The maximum absolute atomic E-state index is 11.9. The first-order valence-electron chi connectivity index (χ1n) is 7.37. The number of ether oxygens (including phenoxy) is 1. The number of rotatable bonds is 7. The van der Waals surface area contributed by atoms with Crippen LogP contribution in [0.3, 0.4) is 0 Å². The molecule has 1 aromatic carbocycles. The third kappa shape index (κ3) is 7.25. The minimum Gasteiger partial charge on any atom is -0.394 e. The molecule has 4 nitrogen and oxygen atoms in total. The Morgan fingerprint density at radius 3 is 2.43 bits per heavy atom. The Morgan fingerprint density at radius 1 is 1.29 bits per heavy atom. The lowest BCUT2D eigenvalue weighted by molar-refractivity contribution is -0.123. The third-order valence-electron chi connectivity index (χ3n) is 3.03. The Bertz CT molecular complexity index is 434. The number of amides is 1. The Labute approximate surface area is 127 Å². The van der Waals surface area contributed by atoms with E-state index in [0.717, 1.165) is 5.56 Å². The summed E-state index contributed by atoms with van der Waals surface area (Å²) < 4.78 is 5.63. The quantitative estimate of drug-likeness (QED) is 0.812. The highest BCUT2D eigenvalue weighted by Gasteiger charge is 2.18. The molecule has 0 unspecified atom stereocenters. The first kappa shape index (κ1) is 17.7. The zero-order valence-electron chi connectivity index (χ0n) is 13.5. The molecular weight excluding hydrogens is 266 g/mol. The van der Waals surface area contributed by atoms with Crippen LogP contribution in [-0.4, -0.2) is 30.8 Å². The molecule has 0 heterocycles. The Kier molecular flexibility index (Phi) is 6.85. The van der Waals surface area contributed by atoms with E-state index in [-0.39, 0.29) is 30.6 Å². The lowest BCUT2D eigenvalue weighted by Crippen LogP contribution is -2.32. The summed E-state index contributed by atoms with van der Waals surface area (Å²) in [6.07, 6.45) is 0.245. The van der Waals surface area contributed by atoms with Gasteiger partial charge in [-0.15, -0.1) is 0 Å². The van der Waals surface area contributed by atoms with Gasteiger partial charge in [-0.3, -0.25) is 4.79 Å². The SMILES string of the molecule is Cc1ccc([C@H](CNC(=O)CC(C)(C)C)OCCO)cc1. The fourth-order valence-corrected chi connectivity index (χ4v) is 2.00. The Balaban J connectivity index is 2.62. The molecule has 0 fully saturated rings. The molecule has 0 spiro atoms. The molecule has 118 valence electrons. The van der Waals surface area contributed by atoms with Crippen molar-refractivity contribution in [3.8, 4) is 0 Å². The van der Waals surface area contributed by atoms with E-state index < -0.39 is 0 Å². The van der Waals surface area contributed by atoms with Gasteiger partial charge in [0, 0.05) is 13.0 Å². The van der Waals surface area contributed by atoms with Gasteiger partial charge >= 0.3 is 0 Å². The van der Waals surface area contributed by atoms with E-state index in [9.17, 15) is 4.79 Å². The van der Waals surface area contributed by atoms with Crippen molar-refractivity contribution >= 4 is 5.91 Å². The molecule has 0 aliphatic rings. The molecule has 0 saturated heterocycles. The number of hydrogen-bond acceptors (Lipinski definition) is 3. The molecule has 4 heteroatoms. The standard InChI is InChI=1S/C17H27NO3/c1-13-5-7-14(8-6-13)15(21-10-9-19)12-18-16(20)11-17(2,3)4/h5-8,15,19H,9-12H2,1-4H3,(H,18,20)/t15-/m0/s1. The molecule has 21 heavy (non-hydrogen) atoms. The second kappa shape index (κ2) is 8.15. The summed E-state index contributed by atoms with van der Waals surface area (Å²) >= 11 is 0. The average molecular weight is 293 g/mol. The molecule has 1 rings (SSSR count). The van der Waals surface area contributed by atoms with Crippen LogP contribution in [0.5, 0.6) is 0 Å². The van der Waals surface area contributed by atoms with Crippen molar-refractivity contribution in [2.75, 3.05) is 19.8 Å². The highest BCUT2D eigenvalue weighted by molar-refractivity contribution is 5.76. The molecule has 0 aliphatic heterocycles. The van der Waals surface area contributed by atoms with Crippen molar-refractivity contribution in [1.29, 1.82) is 0 Å². The minimum absolute atomic E-state index is 0.0206. The molecule has 1 atom stereocenters. The van der Waals surface area contributed by atoms with Gasteiger partial charge in [0.2, 0.25) is 5.91 Å². The summed E-state index contributed by atoms with van der Waals surface area (Å²) in [5.41, 5.74) is 2.15. The zero-order chi connectivity index (χ0) is 15.9. The molecule has 0 aromatic heterocycles. The second-order valence-electron chi connectivity index (χ2n) is 6.54. The van der Waals surface area contributed by atoms with Gasteiger partial charge in [0.1, 0.15) is 0 Å². The van der Waals surface area contributed by atoms with Crippen LogP contribution in [0.1, 0.15) is 44.4 Å². The predicted molar refractivity (Wildman–Crippen MR) is 84.0 cm³/mol. The molecular formula is C17H27NO3. The van der Waals surface area contributed by atoms with Gasteiger partial charge in [-0.2, -0.15) is 0 Å². The normalized spacial score (nSPS) is 13.0. The molecule has 0 saturated carbocycles. The topological polar surface area (TPSA) is 58.6 Å². The summed E-state index contributed by atoms with van der Waals surface area (Å²) in [6, 6.07) is 8.02. The van der Waals surface area contributed by atoms with Crippen LogP contribution in [0.2, 0.25) is 0 Å². The lowest BCUT2D eigenvalue weighted by atomic mass is 9.92. The second-order valence-corrected chi connectivity index (χ2v) is 6.54. The fraction of sp³-hybridized carbons (Fsp3) is 0.588. The summed E-state index contributed by atoms with van der Waals surface area (Å²) in [5, 5.41) is 11.8. The molecule has 0 radical (unpaired) electrons. The molecule has 1 amide bonds. The minimum atomic E-state index is -0.235. The summed E-state index contributed by atoms with van der Waals surface area (Å²) in [4.78, 5) is 11.9. The number of carbonyl (C=O) groups excluding carboxylic acids is 1. The van der Waals surface area contributed by atoms with Gasteiger partial charge in [0.25, 0.3) is 0 Å².